The van der Waals surface area contributed by atoms with Gasteiger partial charge in [-0.15, -0.1) is 0 Å². The quantitative estimate of drug-likeness (QED) is 0.263. The lowest BCUT2D eigenvalue weighted by Gasteiger charge is -2.17. The van der Waals surface area contributed by atoms with Crippen molar-refractivity contribution >= 4 is 5.97 Å². The minimum absolute atomic E-state index is 0.117. The largest absolute Gasteiger partial charge is 0.469 e. The van der Waals surface area contributed by atoms with Crippen LogP contribution in [0.5, 0.6) is 0 Å². The van der Waals surface area contributed by atoms with E-state index in [9.17, 15) is 15.0 Å². The maximum Gasteiger partial charge on any atom is 0.305 e. The molecule has 0 bridgehead atoms. The van der Waals surface area contributed by atoms with Gasteiger partial charge in [0.1, 0.15) is 0 Å². The van der Waals surface area contributed by atoms with Gasteiger partial charge in [-0.3, -0.25) is 4.79 Å². The summed E-state index contributed by atoms with van der Waals surface area (Å²) >= 11 is 0. The maximum absolute atomic E-state index is 11.0. The summed E-state index contributed by atoms with van der Waals surface area (Å²) in [4.78, 5) is 11.0. The Morgan fingerprint density at radius 2 is 1.12 bits per heavy atom. The van der Waals surface area contributed by atoms with Crippen LogP contribution >= 0.6 is 0 Å². The first-order chi connectivity index (χ1) is 12.1. The molecule has 2 N–H and O–H groups in total. The van der Waals surface area contributed by atoms with Crippen LogP contribution in [-0.4, -0.2) is 35.5 Å². The van der Waals surface area contributed by atoms with Crippen LogP contribution in [0.4, 0.5) is 0 Å². The van der Waals surface area contributed by atoms with E-state index in [4.69, 9.17) is 0 Å². The van der Waals surface area contributed by atoms with E-state index < -0.39 is 12.2 Å². The smallest absolute Gasteiger partial charge is 0.305 e. The van der Waals surface area contributed by atoms with Crippen LogP contribution in [0.2, 0.25) is 0 Å². The van der Waals surface area contributed by atoms with Crippen molar-refractivity contribution in [2.45, 2.75) is 122 Å². The van der Waals surface area contributed by atoms with E-state index in [1.807, 2.05) is 0 Å². The maximum atomic E-state index is 11.0. The van der Waals surface area contributed by atoms with Gasteiger partial charge in [0.05, 0.1) is 19.3 Å². The van der Waals surface area contributed by atoms with Crippen molar-refractivity contribution in [3.8, 4) is 0 Å². The number of unbranched alkanes of at least 4 members (excludes halogenated alkanes) is 11. The molecule has 0 aliphatic heterocycles. The second-order valence-electron chi connectivity index (χ2n) is 7.28. The number of carbonyl (C=O) groups is 1. The van der Waals surface area contributed by atoms with Gasteiger partial charge in [-0.25, -0.2) is 0 Å². The zero-order valence-electron chi connectivity index (χ0n) is 16.7. The summed E-state index contributed by atoms with van der Waals surface area (Å²) in [6.07, 6.45) is 15.7. The number of esters is 1. The number of hydrogen-bond donors (Lipinski definition) is 2. The summed E-state index contributed by atoms with van der Waals surface area (Å²) < 4.78 is 4.61. The van der Waals surface area contributed by atoms with Crippen LogP contribution in [0.15, 0.2) is 0 Å². The van der Waals surface area contributed by atoms with Crippen molar-refractivity contribution in [2.24, 2.45) is 0 Å². The first kappa shape index (κ1) is 24.4. The van der Waals surface area contributed by atoms with Gasteiger partial charge >= 0.3 is 5.97 Å². The van der Waals surface area contributed by atoms with Crippen molar-refractivity contribution < 1.29 is 19.7 Å². The summed E-state index contributed by atoms with van der Waals surface area (Å²) in [6.45, 7) is 2.21. The number of carbonyl (C=O) groups excluding carboxylic acids is 1. The number of aliphatic hydroxyl groups excluding tert-OH is 2. The van der Waals surface area contributed by atoms with Crippen molar-refractivity contribution in [2.75, 3.05) is 7.11 Å². The molecule has 4 nitrogen and oxygen atoms in total. The van der Waals surface area contributed by atoms with Crippen LogP contribution in [-0.2, 0) is 9.53 Å². The average molecular weight is 359 g/mol. The molecule has 0 aromatic rings. The third-order valence-corrected chi connectivity index (χ3v) is 4.91. The summed E-state index contributed by atoms with van der Waals surface area (Å²) in [6, 6.07) is 0. The van der Waals surface area contributed by atoms with Gasteiger partial charge in [0.2, 0.25) is 0 Å². The Kier molecular flexibility index (Phi) is 17.7. The van der Waals surface area contributed by atoms with E-state index in [2.05, 4.69) is 11.7 Å². The summed E-state index contributed by atoms with van der Waals surface area (Å²) in [5.41, 5.74) is 0. The minimum atomic E-state index is -0.560. The minimum Gasteiger partial charge on any atom is -0.469 e. The fraction of sp³-hybridized carbons (Fsp3) is 0.952. The average Bonchev–Trinajstić information content (AvgIpc) is 2.62. The summed E-state index contributed by atoms with van der Waals surface area (Å²) in [5, 5.41) is 20.0. The van der Waals surface area contributed by atoms with E-state index in [1.165, 1.54) is 52.1 Å². The lowest BCUT2D eigenvalue weighted by molar-refractivity contribution is -0.140. The third-order valence-electron chi connectivity index (χ3n) is 4.91. The van der Waals surface area contributed by atoms with E-state index in [0.29, 0.717) is 12.8 Å². The molecule has 0 heterocycles. The standard InChI is InChI=1S/C21H42O4/c1-3-4-5-6-10-13-16-19(22)20(23)17-14-11-8-7-9-12-15-18-21(24)25-2/h19-20,22-23H,3-18H2,1-2H3. The number of methoxy groups -OCH3 is 1. The normalized spacial score (nSPS) is 13.6. The Morgan fingerprint density at radius 3 is 1.56 bits per heavy atom. The highest BCUT2D eigenvalue weighted by Gasteiger charge is 2.15. The second-order valence-corrected chi connectivity index (χ2v) is 7.28. The van der Waals surface area contributed by atoms with Gasteiger partial charge in [0, 0.05) is 6.42 Å². The number of hydrogen-bond acceptors (Lipinski definition) is 4. The van der Waals surface area contributed by atoms with Crippen LogP contribution in [0, 0.1) is 0 Å². The van der Waals surface area contributed by atoms with Gasteiger partial charge in [-0.2, -0.15) is 0 Å². The molecule has 25 heavy (non-hydrogen) atoms. The zero-order valence-corrected chi connectivity index (χ0v) is 16.7. The molecule has 0 aliphatic carbocycles. The SMILES string of the molecule is CCCCCCCCC(O)C(O)CCCCCCCCCC(=O)OC. The lowest BCUT2D eigenvalue weighted by atomic mass is 9.99. The van der Waals surface area contributed by atoms with Crippen LogP contribution in [0.1, 0.15) is 110 Å². The molecule has 0 aromatic carbocycles. The topological polar surface area (TPSA) is 66.8 Å². The van der Waals surface area contributed by atoms with Gasteiger partial charge in [0.15, 0.2) is 0 Å². The van der Waals surface area contributed by atoms with E-state index in [1.54, 1.807) is 0 Å². The number of aliphatic hydroxyl groups is 2. The molecule has 0 rings (SSSR count). The highest BCUT2D eigenvalue weighted by Crippen LogP contribution is 2.15. The fourth-order valence-corrected chi connectivity index (χ4v) is 3.13. The number of rotatable bonds is 18. The molecule has 0 radical (unpaired) electrons. The van der Waals surface area contributed by atoms with Crippen LogP contribution < -0.4 is 0 Å². The molecule has 150 valence electrons. The lowest BCUT2D eigenvalue weighted by Crippen LogP contribution is -2.25. The molecule has 0 saturated heterocycles. The molecule has 2 atom stereocenters. The Morgan fingerprint density at radius 1 is 0.720 bits per heavy atom. The van der Waals surface area contributed by atoms with Crippen molar-refractivity contribution in [3.63, 3.8) is 0 Å². The Hall–Kier alpha value is -0.610. The number of ether oxygens (including phenoxy) is 1. The Bertz CT molecular complexity index is 294. The molecular weight excluding hydrogens is 316 g/mol. The first-order valence-electron chi connectivity index (χ1n) is 10.5. The van der Waals surface area contributed by atoms with Gasteiger partial charge < -0.3 is 14.9 Å². The van der Waals surface area contributed by atoms with E-state index >= 15 is 0 Å². The van der Waals surface area contributed by atoms with E-state index in [-0.39, 0.29) is 5.97 Å². The predicted octanol–water partition coefficient (Wildman–Crippen LogP) is 5.14. The fourth-order valence-electron chi connectivity index (χ4n) is 3.13. The molecule has 0 spiro atoms. The van der Waals surface area contributed by atoms with Gasteiger partial charge in [-0.05, 0) is 19.3 Å². The van der Waals surface area contributed by atoms with Crippen LogP contribution in [0.25, 0.3) is 0 Å². The molecule has 0 saturated carbocycles. The molecule has 2 unspecified atom stereocenters. The third kappa shape index (κ3) is 16.6. The second kappa shape index (κ2) is 18.2. The highest BCUT2D eigenvalue weighted by molar-refractivity contribution is 5.68. The predicted molar refractivity (Wildman–Crippen MR) is 104 cm³/mol. The Balaban J connectivity index is 3.36. The molecule has 0 aliphatic rings. The Labute approximate surface area is 155 Å². The monoisotopic (exact) mass is 358 g/mol. The van der Waals surface area contributed by atoms with Crippen molar-refractivity contribution in [1.29, 1.82) is 0 Å². The molecule has 0 amide bonds. The summed E-state index contributed by atoms with van der Waals surface area (Å²) in [7, 11) is 1.43. The zero-order chi connectivity index (χ0) is 18.8. The van der Waals surface area contributed by atoms with Gasteiger partial charge in [0.25, 0.3) is 0 Å². The molecule has 0 aromatic heterocycles. The highest BCUT2D eigenvalue weighted by atomic mass is 16.5. The molecule has 0 fully saturated rings. The molecular formula is C21H42O4. The van der Waals surface area contributed by atoms with Gasteiger partial charge in [-0.1, -0.05) is 84.0 Å². The first-order valence-corrected chi connectivity index (χ1v) is 10.5. The van der Waals surface area contributed by atoms with Crippen molar-refractivity contribution in [1.82, 2.24) is 0 Å². The summed E-state index contributed by atoms with van der Waals surface area (Å²) in [5.74, 6) is -0.117. The van der Waals surface area contributed by atoms with E-state index in [0.717, 1.165) is 44.9 Å². The van der Waals surface area contributed by atoms with Crippen LogP contribution in [0.3, 0.4) is 0 Å². The van der Waals surface area contributed by atoms with Crippen molar-refractivity contribution in [3.05, 3.63) is 0 Å². The molecule has 4 heteroatoms.